The Hall–Kier alpha value is 0.0900. The van der Waals surface area contributed by atoms with E-state index in [0.717, 1.165) is 7.11 Å². The quantitative estimate of drug-likeness (QED) is 0.395. The molecule has 0 amide bonds. The first-order valence-electron chi connectivity index (χ1n) is 5.69. The molecule has 0 saturated carbocycles. The summed E-state index contributed by atoms with van der Waals surface area (Å²) in [6.45, 7) is -0.650. The first-order chi connectivity index (χ1) is 10.5. The van der Waals surface area contributed by atoms with E-state index in [4.69, 9.17) is 62.7 Å². The zero-order valence-corrected chi connectivity index (χ0v) is 16.0. The number of halogens is 5. The number of carbonyl (C=O) groups excluding carboxylic acids is 1. The third-order valence-electron chi connectivity index (χ3n) is 2.32. The number of rotatable bonds is 6. The predicted molar refractivity (Wildman–Crippen MR) is 89.0 cm³/mol. The van der Waals surface area contributed by atoms with Crippen molar-refractivity contribution < 1.29 is 28.3 Å². The van der Waals surface area contributed by atoms with Gasteiger partial charge in [-0.25, -0.2) is 4.79 Å². The molecule has 0 radical (unpaired) electrons. The number of carbonyl (C=O) groups is 1. The molecular formula is C11H10Cl5O6P. The molecule has 1 N–H and O–H groups in total. The van der Waals surface area contributed by atoms with Crippen LogP contribution in [0.5, 0.6) is 5.75 Å². The van der Waals surface area contributed by atoms with Crippen LogP contribution in [0.15, 0.2) is 18.2 Å². The summed E-state index contributed by atoms with van der Waals surface area (Å²) >= 11 is 28.2. The molecule has 0 saturated heterocycles. The highest BCUT2D eigenvalue weighted by molar-refractivity contribution is 7.54. The Kier molecular flexibility index (Phi) is 7.77. The molecule has 6 nitrogen and oxygen atoms in total. The maximum absolute atomic E-state index is 11.8. The number of hydrogen-bond acceptors (Lipinski definition) is 5. The van der Waals surface area contributed by atoms with Gasteiger partial charge in [0.2, 0.25) is 9.64 Å². The number of esters is 1. The standard InChI is InChI=1S/C11H10Cl5O6P/c1-20-23(18,19)10(11(14,15)16)22-9(17)5-21-8-3-2-6(12)4-7(8)13/h2-4,10H,5H2,1H3,(H,18,19). The Morgan fingerprint density at radius 2 is 1.96 bits per heavy atom. The summed E-state index contributed by atoms with van der Waals surface area (Å²) in [4.78, 5) is 21.3. The molecule has 0 bridgehead atoms. The Labute approximate surface area is 157 Å². The smallest absolute Gasteiger partial charge is 0.372 e. The molecule has 0 spiro atoms. The zero-order chi connectivity index (χ0) is 17.8. The third-order valence-corrected chi connectivity index (χ3v) is 5.51. The van der Waals surface area contributed by atoms with E-state index >= 15 is 0 Å². The minimum absolute atomic E-state index is 0.150. The van der Waals surface area contributed by atoms with Crippen LogP contribution >= 0.6 is 65.6 Å². The maximum atomic E-state index is 11.8. The Balaban J connectivity index is 2.75. The largest absolute Gasteiger partial charge is 0.480 e. The first kappa shape index (κ1) is 21.1. The van der Waals surface area contributed by atoms with E-state index in [9.17, 15) is 14.3 Å². The van der Waals surface area contributed by atoms with Gasteiger partial charge in [-0.15, -0.1) is 0 Å². The van der Waals surface area contributed by atoms with Crippen LogP contribution in [0.3, 0.4) is 0 Å². The highest BCUT2D eigenvalue weighted by Crippen LogP contribution is 2.56. The van der Waals surface area contributed by atoms with Gasteiger partial charge < -0.3 is 18.9 Å². The van der Waals surface area contributed by atoms with Gasteiger partial charge in [-0.3, -0.25) is 4.57 Å². The van der Waals surface area contributed by atoms with E-state index in [2.05, 4.69) is 9.26 Å². The first-order valence-corrected chi connectivity index (χ1v) is 9.23. The second-order valence-corrected chi connectivity index (χ2v) is 9.17. The van der Waals surface area contributed by atoms with Crippen molar-refractivity contribution >= 4 is 71.6 Å². The van der Waals surface area contributed by atoms with Gasteiger partial charge in [0, 0.05) is 12.1 Å². The second kappa shape index (κ2) is 8.45. The molecule has 0 aliphatic rings. The predicted octanol–water partition coefficient (Wildman–Crippen LogP) is 4.44. The topological polar surface area (TPSA) is 82.1 Å². The fourth-order valence-corrected chi connectivity index (χ4v) is 3.82. The normalized spacial score (nSPS) is 15.6. The summed E-state index contributed by atoms with van der Waals surface area (Å²) in [7, 11) is -3.60. The van der Waals surface area contributed by atoms with Crippen molar-refractivity contribution in [2.24, 2.45) is 0 Å². The highest BCUT2D eigenvalue weighted by atomic mass is 35.6. The fourth-order valence-electron chi connectivity index (χ4n) is 1.30. The Bertz CT molecular complexity index is 619. The molecule has 23 heavy (non-hydrogen) atoms. The number of hydrogen-bond donors (Lipinski definition) is 1. The SMILES string of the molecule is COP(=O)(O)C(OC(=O)COc1ccc(Cl)cc1Cl)C(Cl)(Cl)Cl. The molecule has 1 aromatic carbocycles. The molecule has 0 heterocycles. The summed E-state index contributed by atoms with van der Waals surface area (Å²) in [5.74, 6) is -2.95. The Morgan fingerprint density at radius 3 is 2.43 bits per heavy atom. The summed E-state index contributed by atoms with van der Waals surface area (Å²) in [6.07, 6.45) is 0. The van der Waals surface area contributed by atoms with Crippen molar-refractivity contribution in [3.05, 3.63) is 28.2 Å². The van der Waals surface area contributed by atoms with Crippen molar-refractivity contribution in [1.82, 2.24) is 0 Å². The average molecular weight is 446 g/mol. The lowest BCUT2D eigenvalue weighted by Crippen LogP contribution is -2.33. The molecule has 1 rings (SSSR count). The van der Waals surface area contributed by atoms with Gasteiger partial charge in [0.1, 0.15) is 5.75 Å². The summed E-state index contributed by atoms with van der Waals surface area (Å²) in [5.41, 5.74) is 0. The molecule has 0 aromatic heterocycles. The van der Waals surface area contributed by atoms with Gasteiger partial charge in [0.05, 0.1) is 5.02 Å². The average Bonchev–Trinajstić information content (AvgIpc) is 2.42. The van der Waals surface area contributed by atoms with E-state index < -0.39 is 29.8 Å². The molecule has 12 heteroatoms. The van der Waals surface area contributed by atoms with Crippen molar-refractivity contribution in [3.8, 4) is 5.75 Å². The molecule has 130 valence electrons. The van der Waals surface area contributed by atoms with E-state index in [1.807, 2.05) is 0 Å². The lowest BCUT2D eigenvalue weighted by Gasteiger charge is -2.26. The van der Waals surface area contributed by atoms with Crippen LogP contribution in [0.25, 0.3) is 0 Å². The molecule has 2 unspecified atom stereocenters. The zero-order valence-electron chi connectivity index (χ0n) is 11.3. The van der Waals surface area contributed by atoms with Gasteiger partial charge in [-0.1, -0.05) is 58.0 Å². The van der Waals surface area contributed by atoms with Gasteiger partial charge >= 0.3 is 13.6 Å². The van der Waals surface area contributed by atoms with E-state index in [0.29, 0.717) is 5.02 Å². The molecule has 0 aliphatic heterocycles. The van der Waals surface area contributed by atoms with Gasteiger partial charge in [0.15, 0.2) is 6.61 Å². The Morgan fingerprint density at radius 1 is 1.35 bits per heavy atom. The van der Waals surface area contributed by atoms with E-state index in [-0.39, 0.29) is 10.8 Å². The minimum atomic E-state index is -4.51. The van der Waals surface area contributed by atoms with E-state index in [1.165, 1.54) is 18.2 Å². The molecular weight excluding hydrogens is 436 g/mol. The van der Waals surface area contributed by atoms with Crippen molar-refractivity contribution in [3.63, 3.8) is 0 Å². The third kappa shape index (κ3) is 6.48. The van der Waals surface area contributed by atoms with Crippen LogP contribution in [0.1, 0.15) is 0 Å². The van der Waals surface area contributed by atoms with Crippen LogP contribution in [0.2, 0.25) is 10.0 Å². The van der Waals surface area contributed by atoms with E-state index in [1.54, 1.807) is 0 Å². The minimum Gasteiger partial charge on any atom is -0.480 e. The van der Waals surface area contributed by atoms with Gasteiger partial charge in [-0.2, -0.15) is 0 Å². The van der Waals surface area contributed by atoms with Crippen LogP contribution in [-0.4, -0.2) is 34.2 Å². The lowest BCUT2D eigenvalue weighted by atomic mass is 10.3. The number of benzene rings is 1. The molecule has 0 aliphatic carbocycles. The molecule has 2 atom stereocenters. The number of ether oxygens (including phenoxy) is 2. The van der Waals surface area contributed by atoms with Crippen LogP contribution in [0.4, 0.5) is 0 Å². The van der Waals surface area contributed by atoms with Crippen molar-refractivity contribution in [2.75, 3.05) is 13.7 Å². The summed E-state index contributed by atoms with van der Waals surface area (Å²) in [5, 5.41) is 0.537. The van der Waals surface area contributed by atoms with Crippen LogP contribution in [0, 0.1) is 0 Å². The van der Waals surface area contributed by atoms with Crippen molar-refractivity contribution in [2.45, 2.75) is 9.64 Å². The summed E-state index contributed by atoms with van der Waals surface area (Å²) < 4.78 is 23.5. The molecule has 0 fully saturated rings. The highest BCUT2D eigenvalue weighted by Gasteiger charge is 2.49. The monoisotopic (exact) mass is 444 g/mol. The fraction of sp³-hybridized carbons (Fsp3) is 0.364. The number of alkyl halides is 3. The van der Waals surface area contributed by atoms with Gasteiger partial charge in [0.25, 0.3) is 0 Å². The summed E-state index contributed by atoms with van der Waals surface area (Å²) in [6, 6.07) is 4.32. The van der Waals surface area contributed by atoms with Crippen LogP contribution in [-0.2, 0) is 18.6 Å². The maximum Gasteiger partial charge on any atom is 0.372 e. The van der Waals surface area contributed by atoms with Crippen LogP contribution < -0.4 is 4.74 Å². The lowest BCUT2D eigenvalue weighted by molar-refractivity contribution is -0.148. The van der Waals surface area contributed by atoms with Gasteiger partial charge in [-0.05, 0) is 18.2 Å². The second-order valence-electron chi connectivity index (χ2n) is 3.99. The van der Waals surface area contributed by atoms with Crippen molar-refractivity contribution in [1.29, 1.82) is 0 Å². The molecule has 1 aromatic rings.